The van der Waals surface area contributed by atoms with E-state index >= 15 is 0 Å². The number of carboxylic acids is 1. The Bertz CT molecular complexity index is 436. The summed E-state index contributed by atoms with van der Waals surface area (Å²) >= 11 is 5.67. The Morgan fingerprint density at radius 1 is 1.62 bits per heavy atom. The van der Waals surface area contributed by atoms with E-state index in [0.717, 1.165) is 0 Å². The highest BCUT2D eigenvalue weighted by Crippen LogP contribution is 2.28. The van der Waals surface area contributed by atoms with Crippen LogP contribution >= 0.6 is 11.6 Å². The Balaban J connectivity index is 3.05. The third-order valence-electron chi connectivity index (χ3n) is 1.90. The second-order valence-corrected chi connectivity index (χ2v) is 3.56. The van der Waals surface area contributed by atoms with Crippen LogP contribution in [0.3, 0.4) is 0 Å². The van der Waals surface area contributed by atoms with Gasteiger partial charge in [0.1, 0.15) is 11.7 Å². The zero-order chi connectivity index (χ0) is 12.3. The van der Waals surface area contributed by atoms with Crippen LogP contribution in [0.2, 0.25) is 5.02 Å². The highest BCUT2D eigenvalue weighted by molar-refractivity contribution is 6.31. The highest BCUT2D eigenvalue weighted by Gasteiger charge is 2.18. The van der Waals surface area contributed by atoms with Crippen LogP contribution in [0.25, 0.3) is 0 Å². The van der Waals surface area contributed by atoms with Crippen molar-refractivity contribution in [2.45, 2.75) is 13.0 Å². The average molecular weight is 245 g/mol. The van der Waals surface area contributed by atoms with Gasteiger partial charge in [0, 0.05) is 11.1 Å². The van der Waals surface area contributed by atoms with Crippen molar-refractivity contribution < 1.29 is 14.8 Å². The van der Waals surface area contributed by atoms with Crippen molar-refractivity contribution in [1.29, 1.82) is 0 Å². The van der Waals surface area contributed by atoms with Gasteiger partial charge >= 0.3 is 5.97 Å². The molecular weight excluding hydrogens is 236 g/mol. The number of nitrogens with zero attached hydrogens (tertiary/aromatic N) is 1. The molecule has 0 bridgehead atoms. The maximum Gasteiger partial charge on any atom is 0.325 e. The van der Waals surface area contributed by atoms with Gasteiger partial charge in [-0.15, -0.1) is 0 Å². The van der Waals surface area contributed by atoms with Gasteiger partial charge in [0.15, 0.2) is 0 Å². The summed E-state index contributed by atoms with van der Waals surface area (Å²) in [5.41, 5.74) is -0.120. The van der Waals surface area contributed by atoms with Crippen LogP contribution in [0.5, 0.6) is 0 Å². The lowest BCUT2D eigenvalue weighted by molar-refractivity contribution is -0.384. The van der Waals surface area contributed by atoms with Crippen LogP contribution in [0.15, 0.2) is 18.2 Å². The Morgan fingerprint density at radius 2 is 2.25 bits per heavy atom. The van der Waals surface area contributed by atoms with Crippen LogP contribution in [0.1, 0.15) is 6.92 Å². The van der Waals surface area contributed by atoms with Crippen LogP contribution in [0, 0.1) is 10.1 Å². The third-order valence-corrected chi connectivity index (χ3v) is 2.13. The van der Waals surface area contributed by atoms with E-state index in [9.17, 15) is 14.9 Å². The van der Waals surface area contributed by atoms with Crippen LogP contribution in [-0.4, -0.2) is 22.0 Å². The molecule has 0 unspecified atom stereocenters. The number of aliphatic carboxylic acids is 1. The van der Waals surface area contributed by atoms with E-state index in [0.29, 0.717) is 5.02 Å². The van der Waals surface area contributed by atoms with Crippen molar-refractivity contribution in [3.8, 4) is 0 Å². The van der Waals surface area contributed by atoms with Crippen molar-refractivity contribution in [2.24, 2.45) is 0 Å². The number of carboxylic acid groups (broad SMARTS) is 1. The zero-order valence-corrected chi connectivity index (χ0v) is 9.06. The molecule has 1 aromatic rings. The molecule has 1 atom stereocenters. The number of nitrogens with one attached hydrogen (secondary N) is 1. The molecule has 0 saturated carbocycles. The quantitative estimate of drug-likeness (QED) is 0.625. The predicted octanol–water partition coefficient (Wildman–Crippen LogP) is 2.13. The second kappa shape index (κ2) is 4.80. The molecule has 0 amide bonds. The SMILES string of the molecule is C[C@H](Nc1cc(Cl)ccc1[N+](=O)[O-])C(=O)O. The lowest BCUT2D eigenvalue weighted by Crippen LogP contribution is -2.25. The molecule has 86 valence electrons. The molecule has 0 aromatic heterocycles. The van der Waals surface area contributed by atoms with Gasteiger partial charge < -0.3 is 10.4 Å². The summed E-state index contributed by atoms with van der Waals surface area (Å²) in [6.45, 7) is 1.38. The van der Waals surface area contributed by atoms with Crippen LogP contribution < -0.4 is 5.32 Å². The average Bonchev–Trinajstić information content (AvgIpc) is 2.16. The van der Waals surface area contributed by atoms with E-state index in [1.807, 2.05) is 0 Å². The first-order chi connectivity index (χ1) is 7.41. The summed E-state index contributed by atoms with van der Waals surface area (Å²) in [5.74, 6) is -1.10. The van der Waals surface area contributed by atoms with Gasteiger partial charge in [-0.1, -0.05) is 11.6 Å². The second-order valence-electron chi connectivity index (χ2n) is 3.12. The maximum absolute atomic E-state index is 10.7. The smallest absolute Gasteiger partial charge is 0.325 e. The Morgan fingerprint density at radius 3 is 2.75 bits per heavy atom. The summed E-state index contributed by atoms with van der Waals surface area (Å²) in [6, 6.07) is 2.98. The fourth-order valence-electron chi connectivity index (χ4n) is 1.08. The molecule has 0 aliphatic heterocycles. The van der Waals surface area contributed by atoms with E-state index < -0.39 is 16.9 Å². The summed E-state index contributed by atoms with van der Waals surface area (Å²) in [5, 5.41) is 22.1. The van der Waals surface area contributed by atoms with Crippen molar-refractivity contribution in [3.05, 3.63) is 33.3 Å². The number of hydrogen-bond donors (Lipinski definition) is 2. The molecule has 0 saturated heterocycles. The van der Waals surface area contributed by atoms with Gasteiger partial charge in [0.05, 0.1) is 4.92 Å². The molecule has 0 aliphatic carbocycles. The third kappa shape index (κ3) is 2.83. The molecule has 6 nitrogen and oxygen atoms in total. The van der Waals surface area contributed by atoms with E-state index in [1.165, 1.54) is 25.1 Å². The Kier molecular flexibility index (Phi) is 3.68. The first-order valence-corrected chi connectivity index (χ1v) is 4.73. The number of anilines is 1. The summed E-state index contributed by atoms with van der Waals surface area (Å²) < 4.78 is 0. The van der Waals surface area contributed by atoms with Crippen LogP contribution in [-0.2, 0) is 4.79 Å². The maximum atomic E-state index is 10.7. The molecule has 1 aromatic carbocycles. The molecule has 16 heavy (non-hydrogen) atoms. The number of rotatable bonds is 4. The minimum atomic E-state index is -1.10. The molecule has 0 spiro atoms. The van der Waals surface area contributed by atoms with E-state index in [2.05, 4.69) is 5.32 Å². The number of hydrogen-bond acceptors (Lipinski definition) is 4. The molecule has 2 N–H and O–H groups in total. The molecule has 0 fully saturated rings. The Labute approximate surface area is 96.0 Å². The molecule has 0 heterocycles. The zero-order valence-electron chi connectivity index (χ0n) is 8.31. The molecule has 0 radical (unpaired) electrons. The van der Waals surface area contributed by atoms with Gasteiger partial charge in [0.2, 0.25) is 0 Å². The first-order valence-electron chi connectivity index (χ1n) is 4.35. The summed E-state index contributed by atoms with van der Waals surface area (Å²) in [6.07, 6.45) is 0. The van der Waals surface area contributed by atoms with E-state index in [4.69, 9.17) is 16.7 Å². The summed E-state index contributed by atoms with van der Waals surface area (Å²) in [7, 11) is 0. The van der Waals surface area contributed by atoms with Gasteiger partial charge in [-0.2, -0.15) is 0 Å². The van der Waals surface area contributed by atoms with E-state index in [-0.39, 0.29) is 11.4 Å². The van der Waals surface area contributed by atoms with Gasteiger partial charge in [-0.05, 0) is 19.1 Å². The molecule has 7 heteroatoms. The lowest BCUT2D eigenvalue weighted by atomic mass is 10.2. The van der Waals surface area contributed by atoms with Crippen molar-refractivity contribution in [1.82, 2.24) is 0 Å². The Hall–Kier alpha value is -1.82. The number of nitro benzene ring substituents is 1. The van der Waals surface area contributed by atoms with E-state index in [1.54, 1.807) is 0 Å². The van der Waals surface area contributed by atoms with Crippen molar-refractivity contribution in [3.63, 3.8) is 0 Å². The van der Waals surface area contributed by atoms with Gasteiger partial charge in [0.25, 0.3) is 5.69 Å². The number of carbonyl (C=O) groups is 1. The number of benzene rings is 1. The number of halogens is 1. The summed E-state index contributed by atoms with van der Waals surface area (Å²) in [4.78, 5) is 20.7. The minimum absolute atomic E-state index is 0.0902. The van der Waals surface area contributed by atoms with Gasteiger partial charge in [-0.3, -0.25) is 14.9 Å². The first kappa shape index (κ1) is 12.3. The standard InChI is InChI=1S/C9H9ClN2O4/c1-5(9(13)14)11-7-4-6(10)2-3-8(7)12(15)16/h2-5,11H,1H3,(H,13,14)/t5-/m0/s1. The molecule has 1 rings (SSSR count). The van der Waals surface area contributed by atoms with Crippen LogP contribution in [0.4, 0.5) is 11.4 Å². The topological polar surface area (TPSA) is 92.5 Å². The predicted molar refractivity (Wildman–Crippen MR) is 58.8 cm³/mol. The molecule has 0 aliphatic rings. The normalized spacial score (nSPS) is 11.9. The van der Waals surface area contributed by atoms with Crippen molar-refractivity contribution in [2.75, 3.05) is 5.32 Å². The number of nitro groups is 1. The van der Waals surface area contributed by atoms with Gasteiger partial charge in [-0.25, -0.2) is 0 Å². The highest BCUT2D eigenvalue weighted by atomic mass is 35.5. The fraction of sp³-hybridized carbons (Fsp3) is 0.222. The largest absolute Gasteiger partial charge is 0.480 e. The van der Waals surface area contributed by atoms with Crippen molar-refractivity contribution >= 4 is 28.9 Å². The minimum Gasteiger partial charge on any atom is -0.480 e. The lowest BCUT2D eigenvalue weighted by Gasteiger charge is -2.10. The molecular formula is C9H9ClN2O4. The monoisotopic (exact) mass is 244 g/mol. The fourth-order valence-corrected chi connectivity index (χ4v) is 1.25.